The Balaban J connectivity index is 2.27. The summed E-state index contributed by atoms with van der Waals surface area (Å²) in [5.74, 6) is 0.0529. The van der Waals surface area contributed by atoms with Crippen LogP contribution in [0.1, 0.15) is 17.5 Å². The monoisotopic (exact) mass is 204 g/mol. The zero-order chi connectivity index (χ0) is 10.8. The van der Waals surface area contributed by atoms with E-state index in [0.717, 1.165) is 22.4 Å². The molecule has 0 atom stereocenters. The highest BCUT2D eigenvalue weighted by Gasteiger charge is 2.17. The largest absolute Gasteiger partial charge is 0.496 e. The Morgan fingerprint density at radius 2 is 2.33 bits per heavy atom. The van der Waals surface area contributed by atoms with Crippen LogP contribution < -0.4 is 4.74 Å². The highest BCUT2D eigenvalue weighted by molar-refractivity contribution is 5.76. The Morgan fingerprint density at radius 3 is 3.00 bits per heavy atom. The van der Waals surface area contributed by atoms with Crippen molar-refractivity contribution in [1.29, 1.82) is 0 Å². The van der Waals surface area contributed by atoms with Crippen LogP contribution in [-0.4, -0.2) is 18.2 Å². The molecule has 1 aromatic rings. The summed E-state index contributed by atoms with van der Waals surface area (Å²) in [5.41, 5.74) is 3.10. The molecule has 0 aromatic heterocycles. The van der Waals surface area contributed by atoms with E-state index in [-0.39, 0.29) is 6.42 Å². The third kappa shape index (κ3) is 1.86. The molecule has 78 valence electrons. The van der Waals surface area contributed by atoms with E-state index < -0.39 is 5.97 Å². The number of fused-ring (bicyclic) bond motifs is 1. The van der Waals surface area contributed by atoms with E-state index in [1.165, 1.54) is 0 Å². The number of carboxylic acids is 1. The Kier molecular flexibility index (Phi) is 2.46. The maximum atomic E-state index is 10.6. The molecule has 1 aliphatic carbocycles. The average Bonchev–Trinajstić information content (AvgIpc) is 2.58. The minimum Gasteiger partial charge on any atom is -0.496 e. The zero-order valence-electron chi connectivity index (χ0n) is 8.49. The van der Waals surface area contributed by atoms with Gasteiger partial charge in [0.25, 0.3) is 0 Å². The van der Waals surface area contributed by atoms with Crippen LogP contribution in [0.5, 0.6) is 5.75 Å². The van der Waals surface area contributed by atoms with Gasteiger partial charge in [0, 0.05) is 5.56 Å². The summed E-state index contributed by atoms with van der Waals surface area (Å²) in [5, 5.41) is 8.71. The predicted octanol–water partition coefficient (Wildman–Crippen LogP) is 2.11. The van der Waals surface area contributed by atoms with Crippen LogP contribution in [0.3, 0.4) is 0 Å². The SMILES string of the molecule is COc1cccc2c1CC(CC(=O)O)=C2. The van der Waals surface area contributed by atoms with E-state index in [4.69, 9.17) is 9.84 Å². The van der Waals surface area contributed by atoms with Crippen molar-refractivity contribution in [2.45, 2.75) is 12.8 Å². The molecule has 1 N–H and O–H groups in total. The first-order chi connectivity index (χ1) is 7.20. The average molecular weight is 204 g/mol. The summed E-state index contributed by atoms with van der Waals surface area (Å²) in [6.07, 6.45) is 2.73. The molecule has 1 aliphatic rings. The zero-order valence-corrected chi connectivity index (χ0v) is 8.49. The topological polar surface area (TPSA) is 46.5 Å². The number of benzene rings is 1. The van der Waals surface area contributed by atoms with Crippen molar-refractivity contribution in [2.75, 3.05) is 7.11 Å². The maximum Gasteiger partial charge on any atom is 0.307 e. The molecule has 2 rings (SSSR count). The molecule has 0 bridgehead atoms. The second-order valence-corrected chi connectivity index (χ2v) is 3.58. The van der Waals surface area contributed by atoms with Crippen LogP contribution in [0.15, 0.2) is 23.8 Å². The van der Waals surface area contributed by atoms with Gasteiger partial charge in [-0.25, -0.2) is 0 Å². The minimum atomic E-state index is -0.784. The van der Waals surface area contributed by atoms with Crippen LogP contribution in [0.2, 0.25) is 0 Å². The van der Waals surface area contributed by atoms with Gasteiger partial charge in [-0.15, -0.1) is 0 Å². The van der Waals surface area contributed by atoms with Crippen LogP contribution in [0.25, 0.3) is 6.08 Å². The van der Waals surface area contributed by atoms with E-state index in [9.17, 15) is 4.79 Å². The predicted molar refractivity (Wildman–Crippen MR) is 56.9 cm³/mol. The van der Waals surface area contributed by atoms with Gasteiger partial charge in [0.15, 0.2) is 0 Å². The Bertz CT molecular complexity index is 432. The van der Waals surface area contributed by atoms with Crippen molar-refractivity contribution >= 4 is 12.0 Å². The van der Waals surface area contributed by atoms with Gasteiger partial charge in [0.05, 0.1) is 13.5 Å². The smallest absolute Gasteiger partial charge is 0.307 e. The highest BCUT2D eigenvalue weighted by Crippen LogP contribution is 2.33. The maximum absolute atomic E-state index is 10.6. The molecule has 3 nitrogen and oxygen atoms in total. The van der Waals surface area contributed by atoms with Crippen molar-refractivity contribution in [3.05, 3.63) is 34.9 Å². The summed E-state index contributed by atoms with van der Waals surface area (Å²) < 4.78 is 5.23. The fraction of sp³-hybridized carbons (Fsp3) is 0.250. The first-order valence-corrected chi connectivity index (χ1v) is 4.78. The Hall–Kier alpha value is -1.77. The Morgan fingerprint density at radius 1 is 1.53 bits per heavy atom. The lowest BCUT2D eigenvalue weighted by Gasteiger charge is -2.06. The lowest BCUT2D eigenvalue weighted by molar-refractivity contribution is -0.136. The quantitative estimate of drug-likeness (QED) is 0.820. The van der Waals surface area contributed by atoms with Crippen LogP contribution >= 0.6 is 0 Å². The minimum absolute atomic E-state index is 0.109. The second kappa shape index (κ2) is 3.77. The van der Waals surface area contributed by atoms with Gasteiger partial charge in [-0.2, -0.15) is 0 Å². The van der Waals surface area contributed by atoms with E-state index in [2.05, 4.69) is 0 Å². The van der Waals surface area contributed by atoms with Crippen molar-refractivity contribution in [3.63, 3.8) is 0 Å². The van der Waals surface area contributed by atoms with Gasteiger partial charge in [-0.3, -0.25) is 4.79 Å². The van der Waals surface area contributed by atoms with Crippen molar-refractivity contribution in [3.8, 4) is 5.75 Å². The lowest BCUT2D eigenvalue weighted by atomic mass is 10.1. The molecule has 0 radical (unpaired) electrons. The van der Waals surface area contributed by atoms with Crippen molar-refractivity contribution in [1.82, 2.24) is 0 Å². The molecule has 0 aliphatic heterocycles. The van der Waals surface area contributed by atoms with Crippen LogP contribution in [0.4, 0.5) is 0 Å². The molecule has 0 saturated carbocycles. The van der Waals surface area contributed by atoms with Gasteiger partial charge in [0.2, 0.25) is 0 Å². The van der Waals surface area contributed by atoms with E-state index in [1.54, 1.807) is 7.11 Å². The summed E-state index contributed by atoms with van der Waals surface area (Å²) in [6.45, 7) is 0. The number of ether oxygens (including phenoxy) is 1. The van der Waals surface area contributed by atoms with Gasteiger partial charge in [-0.1, -0.05) is 23.8 Å². The standard InChI is InChI=1S/C12H12O3/c1-15-11-4-2-3-9-5-8(6-10(9)11)7-12(13)14/h2-5H,6-7H2,1H3,(H,13,14). The number of aliphatic carboxylic acids is 1. The molecular formula is C12H12O3. The van der Waals surface area contributed by atoms with Gasteiger partial charge in [0.1, 0.15) is 5.75 Å². The molecule has 0 unspecified atom stereocenters. The summed E-state index contributed by atoms with van der Waals surface area (Å²) in [4.78, 5) is 10.6. The normalized spacial score (nSPS) is 13.3. The van der Waals surface area contributed by atoms with Crippen LogP contribution in [0, 0.1) is 0 Å². The van der Waals surface area contributed by atoms with E-state index in [1.807, 2.05) is 24.3 Å². The van der Waals surface area contributed by atoms with Crippen molar-refractivity contribution in [2.24, 2.45) is 0 Å². The third-order valence-corrected chi connectivity index (χ3v) is 2.53. The summed E-state index contributed by atoms with van der Waals surface area (Å²) in [7, 11) is 1.63. The number of carboxylic acid groups (broad SMARTS) is 1. The Labute approximate surface area is 88.0 Å². The molecule has 0 amide bonds. The molecule has 0 spiro atoms. The van der Waals surface area contributed by atoms with Gasteiger partial charge < -0.3 is 9.84 Å². The second-order valence-electron chi connectivity index (χ2n) is 3.58. The van der Waals surface area contributed by atoms with E-state index in [0.29, 0.717) is 6.42 Å². The lowest BCUT2D eigenvalue weighted by Crippen LogP contribution is -1.98. The van der Waals surface area contributed by atoms with Gasteiger partial charge >= 0.3 is 5.97 Å². The van der Waals surface area contributed by atoms with E-state index >= 15 is 0 Å². The molecule has 0 heterocycles. The number of hydrogen-bond donors (Lipinski definition) is 1. The number of carbonyl (C=O) groups is 1. The molecule has 1 aromatic carbocycles. The highest BCUT2D eigenvalue weighted by atomic mass is 16.5. The molecule has 3 heteroatoms. The molecule has 15 heavy (non-hydrogen) atoms. The first kappa shape index (κ1) is 9.77. The third-order valence-electron chi connectivity index (χ3n) is 2.53. The summed E-state index contributed by atoms with van der Waals surface area (Å²) in [6, 6.07) is 5.79. The van der Waals surface area contributed by atoms with Crippen LogP contribution in [-0.2, 0) is 11.2 Å². The summed E-state index contributed by atoms with van der Waals surface area (Å²) >= 11 is 0. The molecule has 0 fully saturated rings. The number of rotatable bonds is 3. The first-order valence-electron chi connectivity index (χ1n) is 4.78. The number of hydrogen-bond acceptors (Lipinski definition) is 2. The fourth-order valence-electron chi connectivity index (χ4n) is 1.90. The van der Waals surface area contributed by atoms with Gasteiger partial charge in [-0.05, 0) is 18.1 Å². The molecule has 0 saturated heterocycles. The fourth-order valence-corrected chi connectivity index (χ4v) is 1.90. The molecular weight excluding hydrogens is 192 g/mol. The van der Waals surface area contributed by atoms with Crippen molar-refractivity contribution < 1.29 is 14.6 Å². The number of methoxy groups -OCH3 is 1.